The number of H-pyrrole nitrogens is 1. The number of rotatable bonds is 2. The maximum atomic E-state index is 11.7. The molecule has 0 aliphatic heterocycles. The highest BCUT2D eigenvalue weighted by atomic mass is 35.5. The second kappa shape index (κ2) is 5.54. The number of aromatic amines is 1. The molecular formula is C14H16ClN3O2. The molecule has 0 bridgehead atoms. The second-order valence-corrected chi connectivity index (χ2v) is 5.72. The topological polar surface area (TPSA) is 67.0 Å². The molecule has 0 fully saturated rings. The summed E-state index contributed by atoms with van der Waals surface area (Å²) >= 11 is 6.15. The number of carbonyl (C=O) groups excluding carboxylic acids is 1. The molecule has 0 atom stereocenters. The summed E-state index contributed by atoms with van der Waals surface area (Å²) in [6.07, 6.45) is 2.90. The van der Waals surface area contributed by atoms with Crippen molar-refractivity contribution >= 4 is 23.4 Å². The minimum absolute atomic E-state index is 0.502. The van der Waals surface area contributed by atoms with Gasteiger partial charge in [0.25, 0.3) is 0 Å². The van der Waals surface area contributed by atoms with Crippen LogP contribution in [0.4, 0.5) is 10.5 Å². The molecule has 6 heteroatoms. The Morgan fingerprint density at radius 2 is 2.15 bits per heavy atom. The number of nitrogens with zero attached hydrogens (tertiary/aromatic N) is 1. The third-order valence-corrected chi connectivity index (χ3v) is 2.75. The molecule has 0 unspecified atom stereocenters. The first-order valence-electron chi connectivity index (χ1n) is 6.14. The molecule has 0 spiro atoms. The number of anilines is 1. The van der Waals surface area contributed by atoms with E-state index in [-0.39, 0.29) is 0 Å². The molecular weight excluding hydrogens is 278 g/mol. The van der Waals surface area contributed by atoms with Gasteiger partial charge in [-0.2, -0.15) is 5.10 Å². The van der Waals surface area contributed by atoms with Gasteiger partial charge in [0.1, 0.15) is 5.60 Å². The van der Waals surface area contributed by atoms with Crippen molar-refractivity contribution in [2.75, 3.05) is 5.32 Å². The van der Waals surface area contributed by atoms with Crippen LogP contribution in [0, 0.1) is 0 Å². The molecule has 2 rings (SSSR count). The zero-order valence-electron chi connectivity index (χ0n) is 11.5. The SMILES string of the molecule is CC(C)(C)OC(=O)Nc1ccc(Cl)c(-c2cn[nH]c2)c1. The van der Waals surface area contributed by atoms with E-state index in [0.29, 0.717) is 10.7 Å². The number of ether oxygens (including phenoxy) is 1. The van der Waals surface area contributed by atoms with Gasteiger partial charge in [0.05, 0.1) is 6.20 Å². The third-order valence-electron chi connectivity index (χ3n) is 2.42. The molecule has 20 heavy (non-hydrogen) atoms. The summed E-state index contributed by atoms with van der Waals surface area (Å²) in [5.74, 6) is 0. The molecule has 0 saturated carbocycles. The van der Waals surface area contributed by atoms with Crippen LogP contribution in [0.1, 0.15) is 20.8 Å². The number of hydrogen-bond donors (Lipinski definition) is 2. The van der Waals surface area contributed by atoms with Crippen LogP contribution in [-0.4, -0.2) is 21.9 Å². The third kappa shape index (κ3) is 3.74. The average molecular weight is 294 g/mol. The second-order valence-electron chi connectivity index (χ2n) is 5.31. The smallest absolute Gasteiger partial charge is 0.412 e. The summed E-state index contributed by atoms with van der Waals surface area (Å²) in [6.45, 7) is 5.43. The Bertz CT molecular complexity index is 603. The standard InChI is InChI=1S/C14H16ClN3O2/c1-14(2,3)20-13(19)18-10-4-5-12(15)11(6-10)9-7-16-17-8-9/h4-8H,1-3H3,(H,16,17)(H,18,19). The highest BCUT2D eigenvalue weighted by Crippen LogP contribution is 2.30. The number of halogens is 1. The largest absolute Gasteiger partial charge is 0.444 e. The lowest BCUT2D eigenvalue weighted by molar-refractivity contribution is 0.0636. The normalized spacial score (nSPS) is 11.2. The molecule has 0 saturated heterocycles. The van der Waals surface area contributed by atoms with Crippen molar-refractivity contribution in [2.45, 2.75) is 26.4 Å². The molecule has 1 heterocycles. The van der Waals surface area contributed by atoms with Crippen molar-refractivity contribution in [1.29, 1.82) is 0 Å². The summed E-state index contributed by atoms with van der Waals surface area (Å²) in [5, 5.41) is 9.87. The Labute approximate surface area is 122 Å². The van der Waals surface area contributed by atoms with Crippen molar-refractivity contribution in [1.82, 2.24) is 10.2 Å². The molecule has 1 aromatic heterocycles. The first-order chi connectivity index (χ1) is 9.35. The van der Waals surface area contributed by atoms with Crippen LogP contribution in [-0.2, 0) is 4.74 Å². The molecule has 1 amide bonds. The number of amides is 1. The van der Waals surface area contributed by atoms with E-state index in [1.54, 1.807) is 30.6 Å². The van der Waals surface area contributed by atoms with Crippen molar-refractivity contribution in [2.24, 2.45) is 0 Å². The Kier molecular flexibility index (Phi) is 3.99. The maximum absolute atomic E-state index is 11.7. The van der Waals surface area contributed by atoms with Gasteiger partial charge in [0.2, 0.25) is 0 Å². The van der Waals surface area contributed by atoms with Crippen LogP contribution in [0.2, 0.25) is 5.02 Å². The molecule has 0 radical (unpaired) electrons. The average Bonchev–Trinajstić information content (AvgIpc) is 2.82. The lowest BCUT2D eigenvalue weighted by Gasteiger charge is -2.19. The fourth-order valence-corrected chi connectivity index (χ4v) is 1.87. The molecule has 0 aliphatic rings. The number of nitrogens with one attached hydrogen (secondary N) is 2. The Morgan fingerprint density at radius 3 is 2.75 bits per heavy atom. The quantitative estimate of drug-likeness (QED) is 0.877. The monoisotopic (exact) mass is 293 g/mol. The zero-order chi connectivity index (χ0) is 14.8. The number of benzene rings is 1. The van der Waals surface area contributed by atoms with Crippen LogP contribution < -0.4 is 5.32 Å². The highest BCUT2D eigenvalue weighted by molar-refractivity contribution is 6.33. The summed E-state index contributed by atoms with van der Waals surface area (Å²) in [5.41, 5.74) is 1.71. The first kappa shape index (κ1) is 14.4. The van der Waals surface area contributed by atoms with Crippen molar-refractivity contribution in [3.8, 4) is 11.1 Å². The molecule has 5 nitrogen and oxygen atoms in total. The van der Waals surface area contributed by atoms with E-state index in [1.807, 2.05) is 20.8 Å². The molecule has 106 valence electrons. The van der Waals surface area contributed by atoms with E-state index < -0.39 is 11.7 Å². The van der Waals surface area contributed by atoms with Crippen LogP contribution in [0.15, 0.2) is 30.6 Å². The van der Waals surface area contributed by atoms with Crippen LogP contribution in [0.3, 0.4) is 0 Å². The maximum Gasteiger partial charge on any atom is 0.412 e. The summed E-state index contributed by atoms with van der Waals surface area (Å²) in [7, 11) is 0. The summed E-state index contributed by atoms with van der Waals surface area (Å²) in [4.78, 5) is 11.7. The van der Waals surface area contributed by atoms with Crippen molar-refractivity contribution in [3.63, 3.8) is 0 Å². The fraction of sp³-hybridized carbons (Fsp3) is 0.286. The van der Waals surface area contributed by atoms with Crippen molar-refractivity contribution in [3.05, 3.63) is 35.6 Å². The first-order valence-corrected chi connectivity index (χ1v) is 6.52. The minimum Gasteiger partial charge on any atom is -0.444 e. The molecule has 1 aromatic carbocycles. The van der Waals surface area contributed by atoms with Gasteiger partial charge in [-0.05, 0) is 39.0 Å². The van der Waals surface area contributed by atoms with Crippen LogP contribution >= 0.6 is 11.6 Å². The van der Waals surface area contributed by atoms with Crippen LogP contribution in [0.5, 0.6) is 0 Å². The Balaban J connectivity index is 2.18. The van der Waals surface area contributed by atoms with E-state index in [9.17, 15) is 4.79 Å². The van der Waals surface area contributed by atoms with E-state index in [2.05, 4.69) is 15.5 Å². The Morgan fingerprint density at radius 1 is 1.40 bits per heavy atom. The van der Waals surface area contributed by atoms with E-state index in [0.717, 1.165) is 11.1 Å². The minimum atomic E-state index is -0.538. The summed E-state index contributed by atoms with van der Waals surface area (Å²) in [6, 6.07) is 5.21. The van der Waals surface area contributed by atoms with Gasteiger partial charge >= 0.3 is 6.09 Å². The lowest BCUT2D eigenvalue weighted by Crippen LogP contribution is -2.27. The number of aromatic nitrogens is 2. The Hall–Kier alpha value is -2.01. The van der Waals surface area contributed by atoms with Crippen LogP contribution in [0.25, 0.3) is 11.1 Å². The molecule has 2 aromatic rings. The van der Waals surface area contributed by atoms with E-state index in [4.69, 9.17) is 16.3 Å². The van der Waals surface area contributed by atoms with E-state index >= 15 is 0 Å². The molecule has 2 N–H and O–H groups in total. The van der Waals surface area contributed by atoms with Gasteiger partial charge in [-0.25, -0.2) is 4.79 Å². The highest BCUT2D eigenvalue weighted by Gasteiger charge is 2.16. The van der Waals surface area contributed by atoms with Gasteiger partial charge in [-0.3, -0.25) is 10.4 Å². The van der Waals surface area contributed by atoms with Gasteiger partial charge in [-0.15, -0.1) is 0 Å². The number of carbonyl (C=O) groups is 1. The number of hydrogen-bond acceptors (Lipinski definition) is 3. The van der Waals surface area contributed by atoms with Gasteiger partial charge in [0, 0.05) is 28.0 Å². The van der Waals surface area contributed by atoms with E-state index in [1.165, 1.54) is 0 Å². The lowest BCUT2D eigenvalue weighted by atomic mass is 10.1. The molecule has 0 aliphatic carbocycles. The van der Waals surface area contributed by atoms with Gasteiger partial charge in [-0.1, -0.05) is 11.6 Å². The van der Waals surface area contributed by atoms with Crippen molar-refractivity contribution < 1.29 is 9.53 Å². The van der Waals surface area contributed by atoms with Gasteiger partial charge < -0.3 is 4.74 Å². The van der Waals surface area contributed by atoms with Gasteiger partial charge in [0.15, 0.2) is 0 Å². The predicted octanol–water partition coefficient (Wildman–Crippen LogP) is 4.08. The summed E-state index contributed by atoms with van der Waals surface area (Å²) < 4.78 is 5.20. The predicted molar refractivity (Wildman–Crippen MR) is 78.9 cm³/mol. The fourth-order valence-electron chi connectivity index (χ4n) is 1.64. The zero-order valence-corrected chi connectivity index (χ0v) is 12.3.